The smallest absolute Gasteiger partial charge is 0.162 e. The van der Waals surface area contributed by atoms with Gasteiger partial charge in [0.1, 0.15) is 0 Å². The van der Waals surface area contributed by atoms with Crippen molar-refractivity contribution in [1.82, 2.24) is 4.98 Å². The van der Waals surface area contributed by atoms with Gasteiger partial charge in [-0.05, 0) is 75.0 Å². The molecule has 0 saturated carbocycles. The molecular formula is C40H38IrNO2S-. The Morgan fingerprint density at radius 3 is 2.20 bits per heavy atom. The Bertz CT molecular complexity index is 2040. The van der Waals surface area contributed by atoms with Crippen molar-refractivity contribution in [3.8, 4) is 11.3 Å². The average Bonchev–Trinajstić information content (AvgIpc) is 3.05. The van der Waals surface area contributed by atoms with Crippen molar-refractivity contribution in [2.24, 2.45) is 11.8 Å². The molecule has 0 aliphatic carbocycles. The Labute approximate surface area is 283 Å². The van der Waals surface area contributed by atoms with Gasteiger partial charge in [-0.3, -0.25) is 9.78 Å². The maximum absolute atomic E-state index is 11.7. The van der Waals surface area contributed by atoms with E-state index in [1.54, 1.807) is 0 Å². The molecule has 3 nitrogen and oxygen atoms in total. The van der Waals surface area contributed by atoms with Crippen LogP contribution in [-0.4, -0.2) is 15.9 Å². The van der Waals surface area contributed by atoms with Crippen LogP contribution in [0, 0.1) is 17.9 Å². The standard InChI is InChI=1S/C27H14NS.C13H24O2.Ir/c1-2-7-18-14-24-23(13-17(18)6-1)27-26-21(11-12-28-27)20-10-9-16-5-3-4-8-19(16)22(20)15-25(26)29-24;1-5-10(6-2)12(14)9-13(15)11(7-3)8-4;/h1-12,14-15H;9-11,14H,5-8H2,1-4H3;/q-1;;/b;12-9-;. The number of carbonyl (C=O) groups excluding carboxylic acids is 1. The van der Waals surface area contributed by atoms with Gasteiger partial charge in [0.05, 0.1) is 5.76 Å². The van der Waals surface area contributed by atoms with Crippen molar-refractivity contribution in [3.05, 3.63) is 103 Å². The average molecular weight is 789 g/mol. The van der Waals surface area contributed by atoms with Crippen molar-refractivity contribution in [1.29, 1.82) is 0 Å². The van der Waals surface area contributed by atoms with Crippen molar-refractivity contribution in [3.63, 3.8) is 0 Å². The molecule has 0 spiro atoms. The summed E-state index contributed by atoms with van der Waals surface area (Å²) in [4.78, 5) is 19.0. The van der Waals surface area contributed by atoms with Crippen LogP contribution in [0.15, 0.2) is 107 Å². The molecule has 0 fully saturated rings. The van der Waals surface area contributed by atoms with E-state index in [0.717, 1.165) is 42.3 Å². The van der Waals surface area contributed by atoms with Crippen LogP contribution in [0.1, 0.15) is 53.4 Å². The molecule has 5 heteroatoms. The van der Waals surface area contributed by atoms with E-state index in [9.17, 15) is 9.90 Å². The van der Waals surface area contributed by atoms with Crippen LogP contribution in [-0.2, 0) is 24.9 Å². The maximum Gasteiger partial charge on any atom is 0.162 e. The fraction of sp³-hybridized carbons (Fsp3) is 0.250. The molecule has 1 aliphatic heterocycles. The number of carbonyl (C=O) groups is 1. The van der Waals surface area contributed by atoms with Crippen LogP contribution < -0.4 is 0 Å². The summed E-state index contributed by atoms with van der Waals surface area (Å²) in [6.07, 6.45) is 6.85. The van der Waals surface area contributed by atoms with Crippen molar-refractivity contribution >= 4 is 60.6 Å². The summed E-state index contributed by atoms with van der Waals surface area (Å²) in [6, 6.07) is 32.0. The molecule has 45 heavy (non-hydrogen) atoms. The second-order valence-electron chi connectivity index (χ2n) is 11.5. The number of rotatable bonds is 7. The van der Waals surface area contributed by atoms with E-state index >= 15 is 0 Å². The Balaban J connectivity index is 0.000000217. The van der Waals surface area contributed by atoms with Gasteiger partial charge >= 0.3 is 0 Å². The number of aliphatic hydroxyl groups is 1. The van der Waals surface area contributed by atoms with Crippen LogP contribution in [0.25, 0.3) is 54.3 Å². The molecule has 0 bridgehead atoms. The summed E-state index contributed by atoms with van der Waals surface area (Å²) in [6.45, 7) is 8.07. The van der Waals surface area contributed by atoms with Gasteiger partial charge in [-0.15, -0.1) is 35.3 Å². The van der Waals surface area contributed by atoms with Crippen molar-refractivity contribution in [2.45, 2.75) is 63.2 Å². The second kappa shape index (κ2) is 14.3. The molecule has 0 saturated heterocycles. The fourth-order valence-corrected chi connectivity index (χ4v) is 7.55. The second-order valence-corrected chi connectivity index (χ2v) is 12.6. The summed E-state index contributed by atoms with van der Waals surface area (Å²) in [7, 11) is 0. The van der Waals surface area contributed by atoms with Crippen molar-refractivity contribution < 1.29 is 30.0 Å². The molecule has 1 aromatic heterocycles. The monoisotopic (exact) mass is 789 g/mol. The zero-order chi connectivity index (χ0) is 30.8. The zero-order valence-electron chi connectivity index (χ0n) is 26.2. The SMILES string of the molecule is CCC(CC)C(=O)/C=C(\O)C(CC)CC.[Ir].[c-]1c2c(cc3ccccc13)Sc1cc3c4ccccc4ccc3c3ccnc-2c13. The number of nitrogens with zero attached hydrogens (tertiary/aromatic N) is 1. The fourth-order valence-electron chi connectivity index (χ4n) is 6.40. The molecule has 5 aromatic carbocycles. The number of hydrogen-bond donors (Lipinski definition) is 1. The largest absolute Gasteiger partial charge is 0.512 e. The molecule has 1 radical (unpaired) electrons. The van der Waals surface area contributed by atoms with Crippen molar-refractivity contribution in [2.75, 3.05) is 0 Å². The summed E-state index contributed by atoms with van der Waals surface area (Å²) < 4.78 is 0. The first-order chi connectivity index (χ1) is 21.5. The quantitative estimate of drug-likeness (QED) is 0.0756. The Kier molecular flexibility index (Phi) is 10.4. The molecular weight excluding hydrogens is 751 g/mol. The third-order valence-electron chi connectivity index (χ3n) is 9.03. The topological polar surface area (TPSA) is 50.2 Å². The minimum atomic E-state index is 0. The van der Waals surface area contributed by atoms with Gasteiger partial charge in [0.15, 0.2) is 5.78 Å². The number of aromatic nitrogens is 1. The van der Waals surface area contributed by atoms with Gasteiger partial charge in [-0.25, -0.2) is 0 Å². The van der Waals surface area contributed by atoms with E-state index < -0.39 is 0 Å². The number of pyridine rings is 1. The number of benzene rings is 5. The predicted octanol–water partition coefficient (Wildman–Crippen LogP) is 11.5. The van der Waals surface area contributed by atoms with Gasteiger partial charge in [-0.2, -0.15) is 0 Å². The Morgan fingerprint density at radius 2 is 1.47 bits per heavy atom. The first kappa shape index (κ1) is 32.9. The van der Waals surface area contributed by atoms with E-state index in [1.165, 1.54) is 53.6 Å². The van der Waals surface area contributed by atoms with Gasteiger partial charge in [-0.1, -0.05) is 93.2 Å². The van der Waals surface area contributed by atoms with E-state index in [2.05, 4.69) is 84.9 Å². The number of hydrogen-bond acceptors (Lipinski definition) is 4. The Hall–Kier alpha value is -3.50. The van der Waals surface area contributed by atoms with Gasteiger partial charge in [0.2, 0.25) is 0 Å². The van der Waals surface area contributed by atoms with E-state index in [4.69, 9.17) is 4.98 Å². The number of allylic oxidation sites excluding steroid dienone is 2. The molecule has 2 heterocycles. The van der Waals surface area contributed by atoms with E-state index in [1.807, 2.05) is 45.7 Å². The molecule has 7 rings (SSSR count). The molecule has 1 aliphatic rings. The molecule has 0 unspecified atom stereocenters. The molecule has 6 aromatic rings. The minimum Gasteiger partial charge on any atom is -0.512 e. The predicted molar refractivity (Wildman–Crippen MR) is 187 cm³/mol. The maximum atomic E-state index is 11.7. The van der Waals surface area contributed by atoms with Gasteiger partial charge < -0.3 is 5.11 Å². The van der Waals surface area contributed by atoms with Crippen LogP contribution in [0.2, 0.25) is 0 Å². The van der Waals surface area contributed by atoms with Crippen LogP contribution in [0.4, 0.5) is 0 Å². The number of aliphatic hydroxyl groups excluding tert-OH is 1. The summed E-state index contributed by atoms with van der Waals surface area (Å²) in [5.41, 5.74) is 2.17. The molecule has 1 N–H and O–H groups in total. The van der Waals surface area contributed by atoms with E-state index in [-0.39, 0.29) is 43.5 Å². The third kappa shape index (κ3) is 6.31. The number of fused-ring (bicyclic) bond motifs is 7. The normalized spacial score (nSPS) is 12.4. The minimum absolute atomic E-state index is 0. The first-order valence-corrected chi connectivity index (χ1v) is 16.6. The third-order valence-corrected chi connectivity index (χ3v) is 10.1. The summed E-state index contributed by atoms with van der Waals surface area (Å²) in [5.74, 6) is 0.547. The van der Waals surface area contributed by atoms with Gasteiger partial charge in [0, 0.05) is 54.8 Å². The number of ketones is 1. The van der Waals surface area contributed by atoms with Crippen LogP contribution in [0.5, 0.6) is 0 Å². The van der Waals surface area contributed by atoms with Crippen LogP contribution >= 0.6 is 11.8 Å². The molecule has 0 amide bonds. The van der Waals surface area contributed by atoms with Crippen LogP contribution in [0.3, 0.4) is 0 Å². The molecule has 0 atom stereocenters. The van der Waals surface area contributed by atoms with Gasteiger partial charge in [0.25, 0.3) is 0 Å². The first-order valence-electron chi connectivity index (χ1n) is 15.8. The Morgan fingerprint density at radius 1 is 0.778 bits per heavy atom. The summed E-state index contributed by atoms with van der Waals surface area (Å²) >= 11 is 1.84. The zero-order valence-corrected chi connectivity index (χ0v) is 29.4. The molecule has 231 valence electrons. The summed E-state index contributed by atoms with van der Waals surface area (Å²) in [5, 5.41) is 19.8. The van der Waals surface area contributed by atoms with E-state index in [0.29, 0.717) is 0 Å².